The molecule has 1 saturated heterocycles. The topological polar surface area (TPSA) is 35.5 Å². The molecular formula is C15H25BrCl2N2O. The number of aromatic hydroxyl groups is 1. The Morgan fingerprint density at radius 1 is 1.24 bits per heavy atom. The monoisotopic (exact) mass is 398 g/mol. The summed E-state index contributed by atoms with van der Waals surface area (Å²) in [5.74, 6) is 0.972. The van der Waals surface area contributed by atoms with Gasteiger partial charge in [-0.15, -0.1) is 24.8 Å². The molecule has 122 valence electrons. The van der Waals surface area contributed by atoms with Crippen LogP contribution in [0.3, 0.4) is 0 Å². The zero-order chi connectivity index (χ0) is 13.8. The van der Waals surface area contributed by atoms with Crippen LogP contribution in [-0.2, 0) is 0 Å². The molecule has 2 rings (SSSR count). The highest BCUT2D eigenvalue weighted by molar-refractivity contribution is 9.10. The van der Waals surface area contributed by atoms with Crippen LogP contribution >= 0.6 is 40.7 Å². The van der Waals surface area contributed by atoms with Crippen molar-refractivity contribution in [1.29, 1.82) is 0 Å². The summed E-state index contributed by atoms with van der Waals surface area (Å²) < 4.78 is 0.786. The van der Waals surface area contributed by atoms with Gasteiger partial charge in [0.2, 0.25) is 0 Å². The van der Waals surface area contributed by atoms with Gasteiger partial charge in [-0.2, -0.15) is 0 Å². The molecule has 2 N–H and O–H groups in total. The lowest BCUT2D eigenvalue weighted by Gasteiger charge is -2.36. The first-order chi connectivity index (χ1) is 9.08. The van der Waals surface area contributed by atoms with Gasteiger partial charge in [0.05, 0.1) is 4.47 Å². The Hall–Kier alpha value is -0.000000000000000111. The van der Waals surface area contributed by atoms with Crippen LogP contribution in [0, 0.1) is 5.92 Å². The first kappa shape index (κ1) is 21.0. The molecule has 0 saturated carbocycles. The van der Waals surface area contributed by atoms with E-state index in [2.05, 4.69) is 52.1 Å². The van der Waals surface area contributed by atoms with E-state index in [-0.39, 0.29) is 24.8 Å². The van der Waals surface area contributed by atoms with E-state index in [4.69, 9.17) is 0 Å². The van der Waals surface area contributed by atoms with Crippen LogP contribution in [0.5, 0.6) is 5.75 Å². The zero-order valence-electron chi connectivity index (χ0n) is 12.5. The van der Waals surface area contributed by atoms with E-state index in [0.717, 1.165) is 37.1 Å². The summed E-state index contributed by atoms with van der Waals surface area (Å²) in [6.07, 6.45) is 1.15. The number of phenolic OH excluding ortho intramolecular Hbond substituents is 1. The Kier molecular flexibility index (Phi) is 9.90. The maximum absolute atomic E-state index is 9.65. The molecule has 3 nitrogen and oxygen atoms in total. The van der Waals surface area contributed by atoms with E-state index >= 15 is 0 Å². The number of halogens is 3. The molecule has 1 fully saturated rings. The summed E-state index contributed by atoms with van der Waals surface area (Å²) in [7, 11) is 0. The van der Waals surface area contributed by atoms with Crippen LogP contribution in [0.1, 0.15) is 31.9 Å². The van der Waals surface area contributed by atoms with Crippen LogP contribution in [0.25, 0.3) is 0 Å². The molecule has 0 aliphatic carbocycles. The third-order valence-electron chi connectivity index (χ3n) is 3.64. The minimum absolute atomic E-state index is 0. The van der Waals surface area contributed by atoms with E-state index in [1.165, 1.54) is 5.56 Å². The quantitative estimate of drug-likeness (QED) is 0.803. The van der Waals surface area contributed by atoms with Gasteiger partial charge in [0, 0.05) is 32.2 Å². The molecule has 0 spiro atoms. The average Bonchev–Trinajstić information content (AvgIpc) is 2.40. The molecule has 1 aliphatic heterocycles. The number of hydrogen-bond donors (Lipinski definition) is 2. The predicted octanol–water partition coefficient (Wildman–Crippen LogP) is 3.99. The lowest BCUT2D eigenvalue weighted by Crippen LogP contribution is -2.45. The molecule has 21 heavy (non-hydrogen) atoms. The fraction of sp³-hybridized carbons (Fsp3) is 0.600. The van der Waals surface area contributed by atoms with Crippen molar-refractivity contribution in [3.8, 4) is 5.75 Å². The van der Waals surface area contributed by atoms with Crippen molar-refractivity contribution in [2.24, 2.45) is 5.92 Å². The van der Waals surface area contributed by atoms with Crippen LogP contribution in [0.15, 0.2) is 22.7 Å². The fourth-order valence-electron chi connectivity index (χ4n) is 2.67. The summed E-state index contributed by atoms with van der Waals surface area (Å²) in [6, 6.07) is 6.34. The lowest BCUT2D eigenvalue weighted by atomic mass is 9.95. The molecule has 0 amide bonds. The largest absolute Gasteiger partial charge is 0.507 e. The third-order valence-corrected chi connectivity index (χ3v) is 4.28. The van der Waals surface area contributed by atoms with E-state index in [1.54, 1.807) is 6.07 Å². The number of nitrogens with one attached hydrogen (secondary N) is 1. The number of rotatable bonds is 4. The summed E-state index contributed by atoms with van der Waals surface area (Å²) in [5.41, 5.74) is 1.29. The molecule has 1 heterocycles. The number of nitrogens with zero attached hydrogens (tertiary/aromatic N) is 1. The van der Waals surface area contributed by atoms with Gasteiger partial charge in [-0.3, -0.25) is 4.90 Å². The van der Waals surface area contributed by atoms with Crippen LogP contribution in [0.4, 0.5) is 0 Å². The van der Waals surface area contributed by atoms with Crippen molar-refractivity contribution in [3.63, 3.8) is 0 Å². The highest BCUT2D eigenvalue weighted by Crippen LogP contribution is 2.33. The van der Waals surface area contributed by atoms with Gasteiger partial charge < -0.3 is 10.4 Å². The van der Waals surface area contributed by atoms with Crippen molar-refractivity contribution in [1.82, 2.24) is 10.2 Å². The highest BCUT2D eigenvalue weighted by Gasteiger charge is 2.23. The standard InChI is InChI=1S/C15H23BrN2O.2ClH/c1-11(2)9-14(18-7-5-17-6-8-18)12-3-4-15(19)13(16)10-12;;/h3-4,10-11,14,17,19H,5-9H2,1-2H3;2*1H/t14-;;/m1../s1. The van der Waals surface area contributed by atoms with Gasteiger partial charge in [-0.05, 0) is 46.0 Å². The Bertz CT molecular complexity index is 426. The minimum Gasteiger partial charge on any atom is -0.507 e. The average molecular weight is 400 g/mol. The van der Waals surface area contributed by atoms with Gasteiger partial charge in [0.1, 0.15) is 5.75 Å². The van der Waals surface area contributed by atoms with Crippen LogP contribution in [0.2, 0.25) is 0 Å². The number of piperazine rings is 1. The second-order valence-corrected chi connectivity index (χ2v) is 6.50. The van der Waals surface area contributed by atoms with Gasteiger partial charge in [0.15, 0.2) is 0 Å². The van der Waals surface area contributed by atoms with Crippen LogP contribution in [-0.4, -0.2) is 36.2 Å². The molecule has 0 aromatic heterocycles. The fourth-order valence-corrected chi connectivity index (χ4v) is 3.06. The second kappa shape index (κ2) is 9.90. The molecule has 1 atom stereocenters. The first-order valence-electron chi connectivity index (χ1n) is 7.01. The smallest absolute Gasteiger partial charge is 0.129 e. The molecule has 0 bridgehead atoms. The van der Waals surface area contributed by atoms with Gasteiger partial charge >= 0.3 is 0 Å². The normalized spacial score (nSPS) is 17.0. The van der Waals surface area contributed by atoms with Crippen molar-refractivity contribution >= 4 is 40.7 Å². The minimum atomic E-state index is 0. The predicted molar refractivity (Wildman–Crippen MR) is 96.9 cm³/mol. The van der Waals surface area contributed by atoms with Crippen LogP contribution < -0.4 is 5.32 Å². The highest BCUT2D eigenvalue weighted by atomic mass is 79.9. The van der Waals surface area contributed by atoms with E-state index in [9.17, 15) is 5.11 Å². The van der Waals surface area contributed by atoms with Gasteiger partial charge in [-0.25, -0.2) is 0 Å². The molecule has 1 aromatic rings. The first-order valence-corrected chi connectivity index (χ1v) is 7.80. The van der Waals surface area contributed by atoms with Gasteiger partial charge in [-0.1, -0.05) is 19.9 Å². The van der Waals surface area contributed by atoms with Crippen molar-refractivity contribution < 1.29 is 5.11 Å². The zero-order valence-corrected chi connectivity index (χ0v) is 15.7. The molecule has 0 unspecified atom stereocenters. The van der Waals surface area contributed by atoms with Gasteiger partial charge in [0.25, 0.3) is 0 Å². The summed E-state index contributed by atoms with van der Waals surface area (Å²) in [4.78, 5) is 2.55. The van der Waals surface area contributed by atoms with E-state index < -0.39 is 0 Å². The van der Waals surface area contributed by atoms with E-state index in [1.807, 2.05) is 0 Å². The van der Waals surface area contributed by atoms with E-state index in [0.29, 0.717) is 17.7 Å². The SMILES string of the molecule is CC(C)C[C@H](c1ccc(O)c(Br)c1)N1CCNCC1.Cl.Cl. The molecule has 1 aliphatic rings. The van der Waals surface area contributed by atoms with Crippen molar-refractivity contribution in [2.45, 2.75) is 26.3 Å². The number of phenols is 1. The number of benzene rings is 1. The Morgan fingerprint density at radius 3 is 2.38 bits per heavy atom. The maximum atomic E-state index is 9.65. The Labute approximate surface area is 148 Å². The second-order valence-electron chi connectivity index (χ2n) is 5.64. The number of hydrogen-bond acceptors (Lipinski definition) is 3. The summed E-state index contributed by atoms with van der Waals surface area (Å²) in [5, 5.41) is 13.1. The molecular weight excluding hydrogens is 375 g/mol. The lowest BCUT2D eigenvalue weighted by molar-refractivity contribution is 0.154. The Morgan fingerprint density at radius 2 is 1.86 bits per heavy atom. The third kappa shape index (κ3) is 5.95. The Balaban J connectivity index is 0.00000200. The summed E-state index contributed by atoms with van der Waals surface area (Å²) in [6.45, 7) is 8.85. The molecule has 1 aromatic carbocycles. The maximum Gasteiger partial charge on any atom is 0.129 e. The summed E-state index contributed by atoms with van der Waals surface area (Å²) >= 11 is 3.42. The van der Waals surface area contributed by atoms with Crippen molar-refractivity contribution in [3.05, 3.63) is 28.2 Å². The molecule has 0 radical (unpaired) electrons. The van der Waals surface area contributed by atoms with Crippen molar-refractivity contribution in [2.75, 3.05) is 26.2 Å². The molecule has 6 heteroatoms.